The molecule has 0 aromatic heterocycles. The monoisotopic (exact) mass is 256 g/mol. The quantitative estimate of drug-likeness (QED) is 0.683. The smallest absolute Gasteiger partial charge is 0.165 e. The number of hydrogen-bond acceptors (Lipinski definition) is 1. The zero-order valence-electron chi connectivity index (χ0n) is 13.0. The highest BCUT2D eigenvalue weighted by molar-refractivity contribution is 5.28. The minimum atomic E-state index is -0.277. The molecule has 0 spiro atoms. The number of rotatable bonds is 3. The molecule has 1 nitrogen and oxygen atoms in total. The number of aryl methyl sites for hydroxylation is 1. The summed E-state index contributed by atoms with van der Waals surface area (Å²) in [5, 5.41) is 0. The largest absolute Gasteiger partial charge is 0.490 e. The number of ether oxygens (including phenoxy) is 1. The lowest BCUT2D eigenvalue weighted by molar-refractivity contribution is 0.259. The molecule has 0 saturated heterocycles. The SMILES string of the molecule is CC.CCC.Cc1ccc(OCC(C)C)c(F)c1. The van der Waals surface area contributed by atoms with E-state index in [1.54, 1.807) is 6.07 Å². The highest BCUT2D eigenvalue weighted by Crippen LogP contribution is 2.18. The molecule has 1 rings (SSSR count). The van der Waals surface area contributed by atoms with E-state index >= 15 is 0 Å². The molecule has 0 N–H and O–H groups in total. The second-order valence-electron chi connectivity index (χ2n) is 4.35. The summed E-state index contributed by atoms with van der Waals surface area (Å²) in [6.45, 7) is 14.7. The van der Waals surface area contributed by atoms with Gasteiger partial charge in [-0.3, -0.25) is 0 Å². The van der Waals surface area contributed by atoms with Gasteiger partial charge in [0.15, 0.2) is 11.6 Å². The van der Waals surface area contributed by atoms with E-state index in [1.165, 1.54) is 12.5 Å². The van der Waals surface area contributed by atoms with Gasteiger partial charge in [-0.05, 0) is 30.5 Å². The third-order valence-electron chi connectivity index (χ3n) is 1.66. The van der Waals surface area contributed by atoms with E-state index in [1.807, 2.05) is 40.7 Å². The van der Waals surface area contributed by atoms with E-state index in [0.29, 0.717) is 18.3 Å². The molecule has 0 bridgehead atoms. The molecule has 0 aliphatic heterocycles. The predicted octanol–water partition coefficient (Wildman–Crippen LogP) is 5.61. The van der Waals surface area contributed by atoms with E-state index < -0.39 is 0 Å². The van der Waals surface area contributed by atoms with Crippen molar-refractivity contribution in [2.75, 3.05) is 6.61 Å². The Morgan fingerprint density at radius 1 is 1.17 bits per heavy atom. The second-order valence-corrected chi connectivity index (χ2v) is 4.35. The molecule has 0 aliphatic rings. The number of benzene rings is 1. The zero-order chi connectivity index (χ0) is 14.6. The molecule has 0 radical (unpaired) electrons. The summed E-state index contributed by atoms with van der Waals surface area (Å²) in [4.78, 5) is 0. The molecular formula is C16H29FO. The molecule has 2 heteroatoms. The van der Waals surface area contributed by atoms with Crippen LogP contribution in [0.1, 0.15) is 53.5 Å². The second kappa shape index (κ2) is 12.4. The Hall–Kier alpha value is -1.05. The van der Waals surface area contributed by atoms with Gasteiger partial charge >= 0.3 is 0 Å². The molecule has 106 valence electrons. The Balaban J connectivity index is 0. The fraction of sp³-hybridized carbons (Fsp3) is 0.625. The van der Waals surface area contributed by atoms with Crippen LogP contribution in [0.4, 0.5) is 4.39 Å². The van der Waals surface area contributed by atoms with Gasteiger partial charge in [0.05, 0.1) is 6.61 Å². The molecule has 0 heterocycles. The first-order valence-electron chi connectivity index (χ1n) is 6.90. The van der Waals surface area contributed by atoms with Crippen LogP contribution in [0.5, 0.6) is 5.75 Å². The molecule has 1 aromatic rings. The van der Waals surface area contributed by atoms with E-state index in [-0.39, 0.29) is 5.82 Å². The summed E-state index contributed by atoms with van der Waals surface area (Å²) < 4.78 is 18.5. The summed E-state index contributed by atoms with van der Waals surface area (Å²) in [5.41, 5.74) is 0.911. The Morgan fingerprint density at radius 2 is 1.67 bits per heavy atom. The van der Waals surface area contributed by atoms with Crippen molar-refractivity contribution in [3.05, 3.63) is 29.6 Å². The molecule has 0 aliphatic carbocycles. The highest BCUT2D eigenvalue weighted by atomic mass is 19.1. The van der Waals surface area contributed by atoms with Crippen LogP contribution in [0, 0.1) is 18.7 Å². The Morgan fingerprint density at radius 3 is 2.06 bits per heavy atom. The molecule has 0 fully saturated rings. The average Bonchev–Trinajstić information content (AvgIpc) is 2.31. The molecule has 0 saturated carbocycles. The third kappa shape index (κ3) is 10.1. The summed E-state index contributed by atoms with van der Waals surface area (Å²) in [7, 11) is 0. The maximum absolute atomic E-state index is 13.2. The van der Waals surface area contributed by atoms with Crippen LogP contribution in [0.25, 0.3) is 0 Å². The molecular weight excluding hydrogens is 227 g/mol. The van der Waals surface area contributed by atoms with Gasteiger partial charge in [0.1, 0.15) is 0 Å². The van der Waals surface area contributed by atoms with Crippen molar-refractivity contribution in [1.29, 1.82) is 0 Å². The van der Waals surface area contributed by atoms with E-state index in [4.69, 9.17) is 4.74 Å². The molecule has 1 aromatic carbocycles. The topological polar surface area (TPSA) is 9.23 Å². The first kappa shape index (κ1) is 19.3. The van der Waals surface area contributed by atoms with Crippen molar-refractivity contribution in [3.63, 3.8) is 0 Å². The summed E-state index contributed by atoms with van der Waals surface area (Å²) >= 11 is 0. The van der Waals surface area contributed by atoms with Gasteiger partial charge in [-0.15, -0.1) is 0 Å². The third-order valence-corrected chi connectivity index (χ3v) is 1.66. The van der Waals surface area contributed by atoms with Crippen LogP contribution in [-0.4, -0.2) is 6.61 Å². The first-order valence-corrected chi connectivity index (χ1v) is 6.90. The molecule has 18 heavy (non-hydrogen) atoms. The van der Waals surface area contributed by atoms with E-state index in [2.05, 4.69) is 13.8 Å². The van der Waals surface area contributed by atoms with Gasteiger partial charge < -0.3 is 4.74 Å². The van der Waals surface area contributed by atoms with Crippen LogP contribution >= 0.6 is 0 Å². The van der Waals surface area contributed by atoms with Crippen molar-refractivity contribution in [3.8, 4) is 5.75 Å². The molecule has 0 amide bonds. The van der Waals surface area contributed by atoms with Gasteiger partial charge in [-0.2, -0.15) is 0 Å². The van der Waals surface area contributed by atoms with E-state index in [0.717, 1.165) is 5.56 Å². The lowest BCUT2D eigenvalue weighted by Gasteiger charge is -2.09. The van der Waals surface area contributed by atoms with Gasteiger partial charge in [0, 0.05) is 0 Å². The van der Waals surface area contributed by atoms with Gasteiger partial charge in [-0.1, -0.05) is 54.0 Å². The maximum atomic E-state index is 13.2. The van der Waals surface area contributed by atoms with Crippen molar-refractivity contribution in [2.45, 2.75) is 54.9 Å². The van der Waals surface area contributed by atoms with Crippen molar-refractivity contribution in [1.82, 2.24) is 0 Å². The van der Waals surface area contributed by atoms with Gasteiger partial charge in [0.2, 0.25) is 0 Å². The Bertz CT molecular complexity index is 295. The van der Waals surface area contributed by atoms with Gasteiger partial charge in [0.25, 0.3) is 0 Å². The normalized spacial score (nSPS) is 8.94. The Labute approximate surface area is 112 Å². The lowest BCUT2D eigenvalue weighted by atomic mass is 10.2. The fourth-order valence-electron chi connectivity index (χ4n) is 0.979. The number of hydrogen-bond donors (Lipinski definition) is 0. The Kier molecular flexibility index (Phi) is 13.3. The van der Waals surface area contributed by atoms with Crippen molar-refractivity contribution < 1.29 is 9.13 Å². The van der Waals surface area contributed by atoms with Crippen LogP contribution < -0.4 is 4.74 Å². The summed E-state index contributed by atoms with van der Waals surface area (Å²) in [6, 6.07) is 5.00. The highest BCUT2D eigenvalue weighted by Gasteiger charge is 2.03. The number of halogens is 1. The van der Waals surface area contributed by atoms with Crippen LogP contribution in [0.3, 0.4) is 0 Å². The van der Waals surface area contributed by atoms with Crippen LogP contribution in [0.2, 0.25) is 0 Å². The summed E-state index contributed by atoms with van der Waals surface area (Å²) in [6.07, 6.45) is 1.25. The van der Waals surface area contributed by atoms with Crippen molar-refractivity contribution in [2.24, 2.45) is 5.92 Å². The molecule has 0 unspecified atom stereocenters. The fourth-order valence-corrected chi connectivity index (χ4v) is 0.979. The van der Waals surface area contributed by atoms with Crippen LogP contribution in [-0.2, 0) is 0 Å². The molecule has 0 atom stereocenters. The van der Waals surface area contributed by atoms with Crippen molar-refractivity contribution >= 4 is 0 Å². The summed E-state index contributed by atoms with van der Waals surface area (Å²) in [5.74, 6) is 0.487. The lowest BCUT2D eigenvalue weighted by Crippen LogP contribution is -2.05. The minimum absolute atomic E-state index is 0.277. The van der Waals surface area contributed by atoms with Gasteiger partial charge in [-0.25, -0.2) is 4.39 Å². The van der Waals surface area contributed by atoms with Crippen LogP contribution in [0.15, 0.2) is 18.2 Å². The minimum Gasteiger partial charge on any atom is -0.490 e. The van der Waals surface area contributed by atoms with E-state index in [9.17, 15) is 4.39 Å². The first-order chi connectivity index (χ1) is 8.51. The standard InChI is InChI=1S/C11H15FO.C3H8.C2H6/c1-8(2)7-13-11-5-4-9(3)6-10(11)12;1-3-2;1-2/h4-6,8H,7H2,1-3H3;3H2,1-2H3;1-2H3. The predicted molar refractivity (Wildman–Crippen MR) is 78.8 cm³/mol. The maximum Gasteiger partial charge on any atom is 0.165 e. The zero-order valence-corrected chi connectivity index (χ0v) is 13.0. The average molecular weight is 256 g/mol.